The van der Waals surface area contributed by atoms with Crippen molar-refractivity contribution in [2.24, 2.45) is 5.92 Å². The number of amides is 1. The van der Waals surface area contributed by atoms with Crippen molar-refractivity contribution in [1.29, 1.82) is 0 Å². The van der Waals surface area contributed by atoms with Gasteiger partial charge in [0.2, 0.25) is 15.9 Å². The average Bonchev–Trinajstić information content (AvgIpc) is 3.21. The molecule has 2 saturated heterocycles. The number of thioether (sulfide) groups is 1. The summed E-state index contributed by atoms with van der Waals surface area (Å²) in [7, 11) is -3.49. The van der Waals surface area contributed by atoms with Gasteiger partial charge in [-0.25, -0.2) is 8.42 Å². The Bertz CT molecular complexity index is 733. The molecule has 1 aromatic rings. The summed E-state index contributed by atoms with van der Waals surface area (Å²) in [5, 5.41) is 6.19. The van der Waals surface area contributed by atoms with Gasteiger partial charge in [-0.1, -0.05) is 6.07 Å². The van der Waals surface area contributed by atoms with Crippen LogP contribution >= 0.6 is 11.8 Å². The van der Waals surface area contributed by atoms with Crippen LogP contribution in [0.1, 0.15) is 25.7 Å². The molecule has 2 aliphatic rings. The van der Waals surface area contributed by atoms with E-state index in [1.807, 2.05) is 12.3 Å². The van der Waals surface area contributed by atoms with Gasteiger partial charge >= 0.3 is 0 Å². The van der Waals surface area contributed by atoms with Crippen molar-refractivity contribution in [3.63, 3.8) is 0 Å². The lowest BCUT2D eigenvalue weighted by Crippen LogP contribution is -2.46. The monoisotopic (exact) mass is 397 g/mol. The number of benzene rings is 1. The Balaban J connectivity index is 1.60. The predicted octanol–water partition coefficient (Wildman–Crippen LogP) is 1.68. The zero-order chi connectivity index (χ0) is 18.6. The van der Waals surface area contributed by atoms with Crippen LogP contribution in [-0.4, -0.2) is 57.1 Å². The molecule has 2 aliphatic heterocycles. The van der Waals surface area contributed by atoms with Crippen LogP contribution in [-0.2, 0) is 14.8 Å². The van der Waals surface area contributed by atoms with E-state index >= 15 is 0 Å². The van der Waals surface area contributed by atoms with E-state index in [1.54, 1.807) is 22.5 Å². The number of sulfonamides is 1. The van der Waals surface area contributed by atoms with Crippen LogP contribution < -0.4 is 10.6 Å². The second-order valence-corrected chi connectivity index (χ2v) is 9.76. The molecular weight excluding hydrogens is 370 g/mol. The molecule has 2 atom stereocenters. The number of carbonyl (C=O) groups excluding carboxylic acids is 1. The fraction of sp³-hybridized carbons (Fsp3) is 0.611. The molecule has 0 radical (unpaired) electrons. The van der Waals surface area contributed by atoms with Crippen LogP contribution in [0, 0.1) is 5.92 Å². The number of hydrogen-bond acceptors (Lipinski definition) is 5. The van der Waals surface area contributed by atoms with Crippen LogP contribution in [0.4, 0.5) is 0 Å². The van der Waals surface area contributed by atoms with Crippen LogP contribution in [0.5, 0.6) is 0 Å². The summed E-state index contributed by atoms with van der Waals surface area (Å²) in [5.41, 5.74) is 0. The fourth-order valence-electron chi connectivity index (χ4n) is 3.60. The second-order valence-electron chi connectivity index (χ2n) is 6.94. The topological polar surface area (TPSA) is 78.5 Å². The minimum Gasteiger partial charge on any atom is -0.354 e. The molecule has 0 bridgehead atoms. The summed E-state index contributed by atoms with van der Waals surface area (Å²) >= 11 is 1.53. The summed E-state index contributed by atoms with van der Waals surface area (Å²) < 4.78 is 27.5. The Labute approximate surface area is 160 Å². The maximum Gasteiger partial charge on any atom is 0.243 e. The molecule has 8 heteroatoms. The molecule has 1 aromatic carbocycles. The van der Waals surface area contributed by atoms with Crippen molar-refractivity contribution in [1.82, 2.24) is 14.9 Å². The SMILES string of the molecule is CSc1cccc(S(=O)(=O)N2CCCC(CNC(=O)C3CCCN3)C2)c1. The molecule has 0 saturated carbocycles. The molecule has 2 fully saturated rings. The lowest BCUT2D eigenvalue weighted by atomic mass is 9.99. The quantitative estimate of drug-likeness (QED) is 0.714. The van der Waals surface area contributed by atoms with E-state index in [0.29, 0.717) is 24.5 Å². The van der Waals surface area contributed by atoms with E-state index in [9.17, 15) is 13.2 Å². The Kier molecular flexibility index (Phi) is 6.60. The number of hydrogen-bond donors (Lipinski definition) is 2. The van der Waals surface area contributed by atoms with Gasteiger partial charge in [0.15, 0.2) is 0 Å². The highest BCUT2D eigenvalue weighted by atomic mass is 32.2. The highest BCUT2D eigenvalue weighted by molar-refractivity contribution is 7.98. The first kappa shape index (κ1) is 19.7. The van der Waals surface area contributed by atoms with Gasteiger partial charge in [-0.3, -0.25) is 4.79 Å². The summed E-state index contributed by atoms with van der Waals surface area (Å²) in [6, 6.07) is 7.00. The van der Waals surface area contributed by atoms with E-state index in [4.69, 9.17) is 0 Å². The maximum absolute atomic E-state index is 13.0. The standard InChI is InChI=1S/C18H27N3O3S2/c1-25-15-6-2-7-16(11-15)26(23,24)21-10-4-5-14(13-21)12-20-18(22)17-8-3-9-19-17/h2,6-7,11,14,17,19H,3-5,8-10,12-13H2,1H3,(H,20,22). The van der Waals surface area contributed by atoms with Gasteiger partial charge < -0.3 is 10.6 Å². The third-order valence-corrected chi connectivity index (χ3v) is 7.69. The zero-order valence-electron chi connectivity index (χ0n) is 15.1. The van der Waals surface area contributed by atoms with E-state index in [2.05, 4.69) is 10.6 Å². The molecule has 2 heterocycles. The minimum absolute atomic E-state index is 0.0372. The van der Waals surface area contributed by atoms with Crippen LogP contribution in [0.3, 0.4) is 0 Å². The van der Waals surface area contributed by atoms with Gasteiger partial charge in [0.25, 0.3) is 0 Å². The Morgan fingerprint density at radius 3 is 2.92 bits per heavy atom. The number of carbonyl (C=O) groups is 1. The highest BCUT2D eigenvalue weighted by Crippen LogP contribution is 2.26. The first-order valence-electron chi connectivity index (χ1n) is 9.16. The van der Waals surface area contributed by atoms with Crippen LogP contribution in [0.25, 0.3) is 0 Å². The lowest BCUT2D eigenvalue weighted by Gasteiger charge is -2.32. The van der Waals surface area contributed by atoms with Crippen molar-refractivity contribution in [3.8, 4) is 0 Å². The van der Waals surface area contributed by atoms with Gasteiger partial charge in [0.05, 0.1) is 10.9 Å². The second kappa shape index (κ2) is 8.73. The molecule has 3 rings (SSSR count). The number of nitrogens with one attached hydrogen (secondary N) is 2. The van der Waals surface area contributed by atoms with Crippen molar-refractivity contribution < 1.29 is 13.2 Å². The lowest BCUT2D eigenvalue weighted by molar-refractivity contribution is -0.123. The van der Waals surface area contributed by atoms with E-state index in [0.717, 1.165) is 37.1 Å². The van der Waals surface area contributed by atoms with Gasteiger partial charge in [0.1, 0.15) is 0 Å². The molecule has 26 heavy (non-hydrogen) atoms. The average molecular weight is 398 g/mol. The van der Waals surface area contributed by atoms with E-state index in [-0.39, 0.29) is 17.9 Å². The van der Waals surface area contributed by atoms with E-state index < -0.39 is 10.0 Å². The molecule has 0 spiro atoms. The van der Waals surface area contributed by atoms with Gasteiger partial charge in [-0.2, -0.15) is 4.31 Å². The van der Waals surface area contributed by atoms with Gasteiger partial charge in [0, 0.05) is 24.5 Å². The third kappa shape index (κ3) is 4.60. The number of rotatable bonds is 6. The summed E-state index contributed by atoms with van der Waals surface area (Å²) in [6.45, 7) is 2.43. The molecule has 144 valence electrons. The van der Waals surface area contributed by atoms with Crippen molar-refractivity contribution in [2.75, 3.05) is 32.4 Å². The van der Waals surface area contributed by atoms with Gasteiger partial charge in [-0.15, -0.1) is 11.8 Å². The summed E-state index contributed by atoms with van der Waals surface area (Å²) in [6.07, 6.45) is 5.61. The smallest absolute Gasteiger partial charge is 0.243 e. The Morgan fingerprint density at radius 2 is 2.19 bits per heavy atom. The maximum atomic E-state index is 13.0. The molecule has 0 aliphatic carbocycles. The fourth-order valence-corrected chi connectivity index (χ4v) is 5.73. The van der Waals surface area contributed by atoms with Crippen molar-refractivity contribution in [2.45, 2.75) is 41.5 Å². The van der Waals surface area contributed by atoms with E-state index in [1.165, 1.54) is 11.8 Å². The summed E-state index contributed by atoms with van der Waals surface area (Å²) in [5.74, 6) is 0.197. The molecule has 2 N–H and O–H groups in total. The Hall–Kier alpha value is -1.09. The largest absolute Gasteiger partial charge is 0.354 e. The summed E-state index contributed by atoms with van der Waals surface area (Å²) in [4.78, 5) is 13.4. The normalized spacial score (nSPS) is 24.5. The van der Waals surface area contributed by atoms with Crippen molar-refractivity contribution in [3.05, 3.63) is 24.3 Å². The highest BCUT2D eigenvalue weighted by Gasteiger charge is 2.31. The molecule has 2 unspecified atom stereocenters. The minimum atomic E-state index is -3.49. The van der Waals surface area contributed by atoms with Crippen molar-refractivity contribution >= 4 is 27.7 Å². The van der Waals surface area contributed by atoms with Crippen LogP contribution in [0.15, 0.2) is 34.1 Å². The first-order chi connectivity index (χ1) is 12.5. The number of nitrogens with zero attached hydrogens (tertiary/aromatic N) is 1. The predicted molar refractivity (Wildman–Crippen MR) is 104 cm³/mol. The molecule has 0 aromatic heterocycles. The Morgan fingerprint density at radius 1 is 1.35 bits per heavy atom. The van der Waals surface area contributed by atoms with Gasteiger partial charge in [-0.05, 0) is 62.6 Å². The molecular formula is C18H27N3O3S2. The molecule has 6 nitrogen and oxygen atoms in total. The van der Waals surface area contributed by atoms with Crippen LogP contribution in [0.2, 0.25) is 0 Å². The zero-order valence-corrected chi connectivity index (χ0v) is 16.7. The third-order valence-electron chi connectivity index (χ3n) is 5.10. The molecule has 1 amide bonds. The first-order valence-corrected chi connectivity index (χ1v) is 11.8. The number of piperidine rings is 1.